The molecule has 0 saturated heterocycles. The van der Waals surface area contributed by atoms with Crippen LogP contribution in [-0.4, -0.2) is 9.55 Å². The van der Waals surface area contributed by atoms with Crippen LogP contribution in [0.3, 0.4) is 0 Å². The molecule has 1 aromatic rings. The van der Waals surface area contributed by atoms with Crippen LogP contribution in [0.15, 0.2) is 6.20 Å². The number of rotatable bonds is 2. The lowest BCUT2D eigenvalue weighted by molar-refractivity contribution is 0.00485. The van der Waals surface area contributed by atoms with Gasteiger partial charge in [-0.1, -0.05) is 0 Å². The van der Waals surface area contributed by atoms with Gasteiger partial charge in [-0.3, -0.25) is 0 Å². The summed E-state index contributed by atoms with van der Waals surface area (Å²) in [6, 6.07) is 0. The zero-order chi connectivity index (χ0) is 9.35. The molecule has 0 aromatic carbocycles. The number of imidazole rings is 1. The quantitative estimate of drug-likeness (QED) is 0.728. The molecule has 12 heavy (non-hydrogen) atoms. The van der Waals surface area contributed by atoms with Crippen LogP contribution in [0.1, 0.15) is 18.4 Å². The topological polar surface area (TPSA) is 43.8 Å². The third-order valence-corrected chi connectivity index (χ3v) is 1.69. The van der Waals surface area contributed by atoms with Gasteiger partial charge >= 0.3 is 5.92 Å². The van der Waals surface area contributed by atoms with Crippen LogP contribution in [0.25, 0.3) is 0 Å². The number of hydrogen-bond acceptors (Lipinski definition) is 2. The minimum atomic E-state index is -2.90. The maximum absolute atomic E-state index is 12.7. The van der Waals surface area contributed by atoms with Crippen molar-refractivity contribution >= 4 is 0 Å². The van der Waals surface area contributed by atoms with Gasteiger partial charge in [-0.05, 0) is 0 Å². The molecule has 3 nitrogen and oxygen atoms in total. The Bertz CT molecular complexity index is 275. The fourth-order valence-corrected chi connectivity index (χ4v) is 1.04. The summed E-state index contributed by atoms with van der Waals surface area (Å²) in [6.45, 7) is 1.04. The minimum absolute atomic E-state index is 0.222. The van der Waals surface area contributed by atoms with Crippen molar-refractivity contribution in [3.63, 3.8) is 0 Å². The van der Waals surface area contributed by atoms with Crippen LogP contribution < -0.4 is 5.73 Å². The number of hydrogen-bond donors (Lipinski definition) is 1. The molecule has 0 aliphatic carbocycles. The van der Waals surface area contributed by atoms with Gasteiger partial charge in [-0.15, -0.1) is 0 Å². The van der Waals surface area contributed by atoms with E-state index in [1.165, 1.54) is 17.8 Å². The minimum Gasteiger partial charge on any atom is -0.329 e. The van der Waals surface area contributed by atoms with Gasteiger partial charge in [0.25, 0.3) is 0 Å². The molecule has 0 atom stereocenters. The highest BCUT2D eigenvalue weighted by atomic mass is 19.3. The highest BCUT2D eigenvalue weighted by Gasteiger charge is 2.29. The summed E-state index contributed by atoms with van der Waals surface area (Å²) in [4.78, 5) is 3.59. The largest absolute Gasteiger partial charge is 0.329 e. The molecule has 1 aromatic heterocycles. The van der Waals surface area contributed by atoms with Crippen molar-refractivity contribution in [2.45, 2.75) is 19.4 Å². The summed E-state index contributed by atoms with van der Waals surface area (Å²) in [5, 5.41) is 0. The Hall–Kier alpha value is -0.970. The van der Waals surface area contributed by atoms with E-state index in [4.69, 9.17) is 5.73 Å². The summed E-state index contributed by atoms with van der Waals surface area (Å²) >= 11 is 0. The van der Waals surface area contributed by atoms with Crippen LogP contribution >= 0.6 is 0 Å². The number of alkyl halides is 2. The average molecular weight is 175 g/mol. The second-order valence-electron chi connectivity index (χ2n) is 2.72. The molecule has 0 amide bonds. The average Bonchev–Trinajstić information content (AvgIpc) is 2.29. The summed E-state index contributed by atoms with van der Waals surface area (Å²) < 4.78 is 26.8. The summed E-state index contributed by atoms with van der Waals surface area (Å²) in [5.41, 5.74) is 5.90. The Morgan fingerprint density at radius 2 is 2.25 bits per heavy atom. The predicted molar refractivity (Wildman–Crippen MR) is 40.7 cm³/mol. The first-order valence-corrected chi connectivity index (χ1v) is 3.55. The van der Waals surface area contributed by atoms with Crippen molar-refractivity contribution in [1.82, 2.24) is 9.55 Å². The van der Waals surface area contributed by atoms with E-state index >= 15 is 0 Å². The van der Waals surface area contributed by atoms with E-state index in [1.807, 2.05) is 0 Å². The van der Waals surface area contributed by atoms with E-state index in [1.54, 1.807) is 0 Å². The summed E-state index contributed by atoms with van der Waals surface area (Å²) in [6.07, 6.45) is 1.37. The van der Waals surface area contributed by atoms with E-state index in [2.05, 4.69) is 4.98 Å². The van der Waals surface area contributed by atoms with Crippen LogP contribution in [0, 0.1) is 0 Å². The molecular formula is C7H11F2N3. The fraction of sp³-hybridized carbons (Fsp3) is 0.571. The van der Waals surface area contributed by atoms with Gasteiger partial charge in [0, 0.05) is 20.5 Å². The maximum Gasteiger partial charge on any atom is 0.302 e. The Morgan fingerprint density at radius 1 is 1.67 bits per heavy atom. The normalized spacial score (nSPS) is 12.1. The van der Waals surface area contributed by atoms with Crippen molar-refractivity contribution in [1.29, 1.82) is 0 Å². The Morgan fingerprint density at radius 3 is 2.50 bits per heavy atom. The monoisotopic (exact) mass is 175 g/mol. The molecule has 1 heterocycles. The first-order chi connectivity index (χ1) is 5.46. The van der Waals surface area contributed by atoms with Crippen molar-refractivity contribution in [3.8, 4) is 0 Å². The lowest BCUT2D eigenvalue weighted by atomic mass is 10.3. The molecule has 0 saturated carbocycles. The molecule has 0 aliphatic rings. The lowest BCUT2D eigenvalue weighted by Gasteiger charge is -2.10. The van der Waals surface area contributed by atoms with Gasteiger partial charge in [0.2, 0.25) is 0 Å². The molecule has 2 N–H and O–H groups in total. The molecule has 0 bridgehead atoms. The van der Waals surface area contributed by atoms with Gasteiger partial charge in [-0.25, -0.2) is 4.98 Å². The van der Waals surface area contributed by atoms with Gasteiger partial charge in [0.1, 0.15) is 0 Å². The number of halogens is 2. The molecule has 0 unspecified atom stereocenters. The van der Waals surface area contributed by atoms with Crippen molar-refractivity contribution in [2.24, 2.45) is 12.8 Å². The first-order valence-electron chi connectivity index (χ1n) is 3.55. The first kappa shape index (κ1) is 9.12. The molecule has 0 aliphatic heterocycles. The van der Waals surface area contributed by atoms with Gasteiger partial charge in [0.15, 0.2) is 5.82 Å². The molecule has 0 radical (unpaired) electrons. The van der Waals surface area contributed by atoms with Crippen LogP contribution in [-0.2, 0) is 19.5 Å². The third-order valence-electron chi connectivity index (χ3n) is 1.69. The summed E-state index contributed by atoms with van der Waals surface area (Å²) in [5.74, 6) is -3.15. The molecule has 5 heteroatoms. The molecule has 68 valence electrons. The van der Waals surface area contributed by atoms with Crippen molar-refractivity contribution < 1.29 is 8.78 Å². The molecule has 0 spiro atoms. The predicted octanol–water partition coefficient (Wildman–Crippen LogP) is 0.991. The summed E-state index contributed by atoms with van der Waals surface area (Å²) in [7, 11) is 1.53. The Kier molecular flexibility index (Phi) is 2.14. The second kappa shape index (κ2) is 2.82. The zero-order valence-electron chi connectivity index (χ0n) is 7.01. The van der Waals surface area contributed by atoms with E-state index < -0.39 is 5.92 Å². The fourth-order valence-electron chi connectivity index (χ4n) is 1.04. The van der Waals surface area contributed by atoms with E-state index in [-0.39, 0.29) is 12.4 Å². The van der Waals surface area contributed by atoms with Crippen molar-refractivity contribution in [3.05, 3.63) is 17.7 Å². The Labute approximate surface area is 69.2 Å². The smallest absolute Gasteiger partial charge is 0.302 e. The SMILES string of the molecule is Cn1c(CN)cnc1C(C)(F)F. The molecular weight excluding hydrogens is 164 g/mol. The second-order valence-corrected chi connectivity index (χ2v) is 2.72. The highest BCUT2D eigenvalue weighted by Crippen LogP contribution is 2.25. The standard InChI is InChI=1S/C7H11F2N3/c1-7(8,9)6-11-4-5(3-10)12(6)2/h4H,3,10H2,1-2H3. The van der Waals surface area contributed by atoms with E-state index in [0.717, 1.165) is 6.92 Å². The van der Waals surface area contributed by atoms with E-state index in [0.29, 0.717) is 5.69 Å². The van der Waals surface area contributed by atoms with Gasteiger partial charge < -0.3 is 10.3 Å². The third kappa shape index (κ3) is 1.45. The molecule has 1 rings (SSSR count). The van der Waals surface area contributed by atoms with Crippen LogP contribution in [0.4, 0.5) is 8.78 Å². The Balaban J connectivity index is 3.11. The number of nitrogens with two attached hydrogens (primary N) is 1. The zero-order valence-corrected chi connectivity index (χ0v) is 7.01. The van der Waals surface area contributed by atoms with E-state index in [9.17, 15) is 8.78 Å². The number of aromatic nitrogens is 2. The maximum atomic E-state index is 12.7. The van der Waals surface area contributed by atoms with Crippen molar-refractivity contribution in [2.75, 3.05) is 0 Å². The lowest BCUT2D eigenvalue weighted by Crippen LogP contribution is -2.16. The number of nitrogens with zero attached hydrogens (tertiary/aromatic N) is 2. The van der Waals surface area contributed by atoms with Crippen LogP contribution in [0.5, 0.6) is 0 Å². The van der Waals surface area contributed by atoms with Crippen LogP contribution in [0.2, 0.25) is 0 Å². The highest BCUT2D eigenvalue weighted by molar-refractivity contribution is 5.07. The molecule has 0 fully saturated rings. The van der Waals surface area contributed by atoms with Gasteiger partial charge in [-0.2, -0.15) is 8.78 Å². The van der Waals surface area contributed by atoms with Gasteiger partial charge in [0.05, 0.1) is 11.9 Å².